The van der Waals surface area contributed by atoms with Gasteiger partial charge in [0.2, 0.25) is 5.91 Å². The molecule has 0 atom stereocenters. The molecule has 1 aromatic heterocycles. The van der Waals surface area contributed by atoms with E-state index in [9.17, 15) is 4.79 Å². The summed E-state index contributed by atoms with van der Waals surface area (Å²) in [6, 6.07) is 6.43. The molecular formula is C12H10ClN3O2. The van der Waals surface area contributed by atoms with Gasteiger partial charge < -0.3 is 10.4 Å². The zero-order valence-corrected chi connectivity index (χ0v) is 10.1. The maximum Gasteiger partial charge on any atom is 0.229 e. The van der Waals surface area contributed by atoms with E-state index in [0.717, 1.165) is 5.56 Å². The number of benzene rings is 1. The number of aromatic nitrogens is 2. The van der Waals surface area contributed by atoms with Crippen LogP contribution in [0.2, 0.25) is 5.15 Å². The van der Waals surface area contributed by atoms with Crippen LogP contribution in [0.5, 0.6) is 5.75 Å². The molecule has 0 spiro atoms. The first-order valence-electron chi connectivity index (χ1n) is 5.19. The molecule has 0 aliphatic heterocycles. The molecule has 0 aliphatic rings. The van der Waals surface area contributed by atoms with Gasteiger partial charge in [0.15, 0.2) is 5.82 Å². The van der Waals surface area contributed by atoms with Gasteiger partial charge >= 0.3 is 0 Å². The van der Waals surface area contributed by atoms with Crippen molar-refractivity contribution in [2.75, 3.05) is 5.32 Å². The van der Waals surface area contributed by atoms with Crippen LogP contribution >= 0.6 is 11.6 Å². The number of carbonyl (C=O) groups excluding carboxylic acids is 1. The van der Waals surface area contributed by atoms with Crippen LogP contribution in [-0.4, -0.2) is 21.0 Å². The van der Waals surface area contributed by atoms with Gasteiger partial charge in [0.25, 0.3) is 0 Å². The molecule has 1 heterocycles. The van der Waals surface area contributed by atoms with Crippen LogP contribution in [0.25, 0.3) is 0 Å². The van der Waals surface area contributed by atoms with Gasteiger partial charge in [0, 0.05) is 0 Å². The Bertz CT molecular complexity index is 491. The number of phenols is 1. The second-order valence-corrected chi connectivity index (χ2v) is 4.00. The Labute approximate surface area is 108 Å². The number of nitrogens with zero attached hydrogens (tertiary/aromatic N) is 2. The number of nitrogens with one attached hydrogen (secondary N) is 1. The molecule has 1 amide bonds. The lowest BCUT2D eigenvalue weighted by Crippen LogP contribution is -2.15. The number of amides is 1. The van der Waals surface area contributed by atoms with Gasteiger partial charge in [-0.2, -0.15) is 0 Å². The minimum atomic E-state index is -0.211. The van der Waals surface area contributed by atoms with E-state index in [1.165, 1.54) is 24.5 Å². The SMILES string of the molecule is O=C(Cc1ccc(O)cc1)Nc1cnc(Cl)cn1. The van der Waals surface area contributed by atoms with Crippen molar-refractivity contribution < 1.29 is 9.90 Å². The highest BCUT2D eigenvalue weighted by Crippen LogP contribution is 2.11. The third-order valence-electron chi connectivity index (χ3n) is 2.19. The monoisotopic (exact) mass is 263 g/mol. The average molecular weight is 264 g/mol. The molecule has 2 rings (SSSR count). The van der Waals surface area contributed by atoms with Gasteiger partial charge in [0.1, 0.15) is 10.9 Å². The highest BCUT2D eigenvalue weighted by molar-refractivity contribution is 6.29. The third-order valence-corrected chi connectivity index (χ3v) is 2.38. The summed E-state index contributed by atoms with van der Waals surface area (Å²) >= 11 is 5.58. The van der Waals surface area contributed by atoms with Crippen LogP contribution in [0.3, 0.4) is 0 Å². The van der Waals surface area contributed by atoms with E-state index in [1.807, 2.05) is 0 Å². The Balaban J connectivity index is 1.96. The quantitative estimate of drug-likeness (QED) is 0.888. The summed E-state index contributed by atoms with van der Waals surface area (Å²) in [4.78, 5) is 19.4. The highest BCUT2D eigenvalue weighted by Gasteiger charge is 2.05. The van der Waals surface area contributed by atoms with Gasteiger partial charge in [-0.25, -0.2) is 9.97 Å². The van der Waals surface area contributed by atoms with Crippen LogP contribution in [-0.2, 0) is 11.2 Å². The zero-order valence-electron chi connectivity index (χ0n) is 9.30. The lowest BCUT2D eigenvalue weighted by Gasteiger charge is -2.04. The van der Waals surface area contributed by atoms with E-state index < -0.39 is 0 Å². The molecule has 0 fully saturated rings. The Morgan fingerprint density at radius 1 is 1.22 bits per heavy atom. The summed E-state index contributed by atoms with van der Waals surface area (Å²) in [5.74, 6) is 0.309. The molecule has 0 saturated heterocycles. The van der Waals surface area contributed by atoms with Crippen molar-refractivity contribution in [3.8, 4) is 5.75 Å². The van der Waals surface area contributed by atoms with Crippen LogP contribution < -0.4 is 5.32 Å². The van der Waals surface area contributed by atoms with E-state index in [-0.39, 0.29) is 23.2 Å². The maximum atomic E-state index is 11.7. The van der Waals surface area contributed by atoms with Crippen molar-refractivity contribution in [3.05, 3.63) is 47.4 Å². The van der Waals surface area contributed by atoms with Crippen molar-refractivity contribution in [3.63, 3.8) is 0 Å². The van der Waals surface area contributed by atoms with E-state index in [4.69, 9.17) is 16.7 Å². The third kappa shape index (κ3) is 3.43. The first-order chi connectivity index (χ1) is 8.63. The van der Waals surface area contributed by atoms with Gasteiger partial charge in [-0.05, 0) is 17.7 Å². The minimum Gasteiger partial charge on any atom is -0.508 e. The number of carbonyl (C=O) groups is 1. The van der Waals surface area contributed by atoms with Crippen molar-refractivity contribution in [1.29, 1.82) is 0 Å². The number of anilines is 1. The predicted octanol–water partition coefficient (Wildman–Crippen LogP) is 2.02. The van der Waals surface area contributed by atoms with Crippen molar-refractivity contribution in [1.82, 2.24) is 9.97 Å². The second kappa shape index (κ2) is 5.46. The summed E-state index contributed by atoms with van der Waals surface area (Å²) in [6.07, 6.45) is 2.94. The molecule has 0 radical (unpaired) electrons. The van der Waals surface area contributed by atoms with E-state index in [1.54, 1.807) is 12.1 Å². The lowest BCUT2D eigenvalue weighted by molar-refractivity contribution is -0.115. The van der Waals surface area contributed by atoms with E-state index >= 15 is 0 Å². The normalized spacial score (nSPS) is 10.1. The van der Waals surface area contributed by atoms with Gasteiger partial charge in [-0.1, -0.05) is 23.7 Å². The standard InChI is InChI=1S/C12H10ClN3O2/c13-10-6-15-11(7-14-10)16-12(18)5-8-1-3-9(17)4-2-8/h1-4,6-7,17H,5H2,(H,15,16,18). The van der Waals surface area contributed by atoms with Crippen molar-refractivity contribution in [2.45, 2.75) is 6.42 Å². The van der Waals surface area contributed by atoms with Gasteiger partial charge in [-0.3, -0.25) is 4.79 Å². The topological polar surface area (TPSA) is 75.1 Å². The molecule has 0 bridgehead atoms. The Morgan fingerprint density at radius 3 is 2.56 bits per heavy atom. The highest BCUT2D eigenvalue weighted by atomic mass is 35.5. The minimum absolute atomic E-state index is 0.169. The molecular weight excluding hydrogens is 254 g/mol. The molecule has 5 nitrogen and oxygen atoms in total. The molecule has 2 aromatic rings. The Kier molecular flexibility index (Phi) is 3.74. The number of rotatable bonds is 3. The molecule has 6 heteroatoms. The fraction of sp³-hybridized carbons (Fsp3) is 0.0833. The summed E-state index contributed by atoms with van der Waals surface area (Å²) in [5.41, 5.74) is 0.798. The van der Waals surface area contributed by atoms with Gasteiger partial charge in [-0.15, -0.1) is 0 Å². The largest absolute Gasteiger partial charge is 0.508 e. The first kappa shape index (κ1) is 12.3. The lowest BCUT2D eigenvalue weighted by atomic mass is 10.1. The first-order valence-corrected chi connectivity index (χ1v) is 5.56. The number of phenolic OH excluding ortho intramolecular Hbond substituents is 1. The summed E-state index contributed by atoms with van der Waals surface area (Å²) in [5, 5.41) is 12.0. The van der Waals surface area contributed by atoms with Gasteiger partial charge in [0.05, 0.1) is 18.8 Å². The number of hydrogen-bond donors (Lipinski definition) is 2. The fourth-order valence-corrected chi connectivity index (χ4v) is 1.46. The number of hydrogen-bond acceptors (Lipinski definition) is 4. The molecule has 0 unspecified atom stereocenters. The summed E-state index contributed by atoms with van der Waals surface area (Å²) in [7, 11) is 0. The van der Waals surface area contributed by atoms with Crippen LogP contribution in [0.1, 0.15) is 5.56 Å². The Hall–Kier alpha value is -2.14. The predicted molar refractivity (Wildman–Crippen MR) is 67.5 cm³/mol. The zero-order chi connectivity index (χ0) is 13.0. The Morgan fingerprint density at radius 2 is 1.94 bits per heavy atom. The van der Waals surface area contributed by atoms with E-state index in [0.29, 0.717) is 5.82 Å². The molecule has 0 aliphatic carbocycles. The molecule has 2 N–H and O–H groups in total. The molecule has 1 aromatic carbocycles. The number of halogens is 1. The van der Waals surface area contributed by atoms with E-state index in [2.05, 4.69) is 15.3 Å². The average Bonchev–Trinajstić information content (AvgIpc) is 2.35. The second-order valence-electron chi connectivity index (χ2n) is 3.62. The van der Waals surface area contributed by atoms with Crippen molar-refractivity contribution >= 4 is 23.3 Å². The maximum absolute atomic E-state index is 11.7. The molecule has 0 saturated carbocycles. The smallest absolute Gasteiger partial charge is 0.229 e. The van der Waals surface area contributed by atoms with Crippen LogP contribution in [0, 0.1) is 0 Å². The molecule has 92 valence electrons. The number of aromatic hydroxyl groups is 1. The van der Waals surface area contributed by atoms with Crippen LogP contribution in [0.15, 0.2) is 36.7 Å². The van der Waals surface area contributed by atoms with Crippen molar-refractivity contribution in [2.24, 2.45) is 0 Å². The summed E-state index contributed by atoms with van der Waals surface area (Å²) in [6.45, 7) is 0. The fourth-order valence-electron chi connectivity index (χ4n) is 1.36. The summed E-state index contributed by atoms with van der Waals surface area (Å²) < 4.78 is 0. The van der Waals surface area contributed by atoms with Crippen LogP contribution in [0.4, 0.5) is 5.82 Å². The molecule has 18 heavy (non-hydrogen) atoms.